The van der Waals surface area contributed by atoms with Crippen molar-refractivity contribution in [3.05, 3.63) is 40.0 Å². The Labute approximate surface area is 147 Å². The van der Waals surface area contributed by atoms with Gasteiger partial charge in [0.2, 0.25) is 0 Å². The van der Waals surface area contributed by atoms with Gasteiger partial charge in [-0.1, -0.05) is 49.5 Å². The zero-order valence-corrected chi connectivity index (χ0v) is 14.9. The molecule has 1 rings (SSSR count). The van der Waals surface area contributed by atoms with Crippen LogP contribution in [0.15, 0.2) is 30.0 Å². The number of carbonyl (C=O) groups excluding carboxylic acids is 1. The fourth-order valence-electron chi connectivity index (χ4n) is 2.00. The summed E-state index contributed by atoms with van der Waals surface area (Å²) in [6.07, 6.45) is 4.63. The predicted molar refractivity (Wildman–Crippen MR) is 95.6 cm³/mol. The summed E-state index contributed by atoms with van der Waals surface area (Å²) in [5.74, 6) is -0.491. The smallest absolute Gasteiger partial charge is 0.267 e. The molecule has 1 aromatic carbocycles. The minimum atomic E-state index is -0.491. The number of hydrogen-bond acceptors (Lipinski definition) is 3. The number of rotatable bonds is 8. The molecule has 0 saturated carbocycles. The van der Waals surface area contributed by atoms with Gasteiger partial charge in [0, 0.05) is 19.3 Å². The average molecular weight is 354 g/mol. The van der Waals surface area contributed by atoms with Crippen LogP contribution in [0.1, 0.15) is 33.1 Å². The lowest BCUT2D eigenvalue weighted by Gasteiger charge is -2.19. The Kier molecular flexibility index (Phi) is 8.53. The molecule has 0 spiro atoms. The summed E-state index contributed by atoms with van der Waals surface area (Å²) in [5, 5.41) is 12.5. The van der Waals surface area contributed by atoms with Gasteiger partial charge in [-0.05, 0) is 25.0 Å². The number of carbonyl (C=O) groups is 1. The Morgan fingerprint density at radius 3 is 2.65 bits per heavy atom. The molecule has 0 aromatic heterocycles. The van der Waals surface area contributed by atoms with Crippen LogP contribution in [0.4, 0.5) is 5.69 Å². The van der Waals surface area contributed by atoms with Crippen molar-refractivity contribution in [3.8, 4) is 6.07 Å². The van der Waals surface area contributed by atoms with Gasteiger partial charge < -0.3 is 10.2 Å². The molecule has 1 amide bonds. The van der Waals surface area contributed by atoms with Crippen molar-refractivity contribution in [1.29, 1.82) is 5.26 Å². The number of hydrogen-bond donors (Lipinski definition) is 1. The van der Waals surface area contributed by atoms with Crippen molar-refractivity contribution in [2.75, 3.05) is 18.4 Å². The van der Waals surface area contributed by atoms with Crippen molar-refractivity contribution >= 4 is 34.8 Å². The van der Waals surface area contributed by atoms with Crippen LogP contribution in [0.25, 0.3) is 0 Å². The van der Waals surface area contributed by atoms with Gasteiger partial charge in [0.05, 0.1) is 15.7 Å². The van der Waals surface area contributed by atoms with Gasteiger partial charge in [0.25, 0.3) is 5.91 Å². The SMILES string of the molecule is CCCCN(/C=C(/C#N)C(=O)Nc1cccc(Cl)c1Cl)CCC. The summed E-state index contributed by atoms with van der Waals surface area (Å²) in [5.41, 5.74) is 0.437. The van der Waals surface area contributed by atoms with Gasteiger partial charge in [-0.2, -0.15) is 5.26 Å². The zero-order chi connectivity index (χ0) is 17.2. The monoisotopic (exact) mass is 353 g/mol. The van der Waals surface area contributed by atoms with Gasteiger partial charge in [0.15, 0.2) is 0 Å². The maximum atomic E-state index is 12.3. The number of nitrogens with zero attached hydrogens (tertiary/aromatic N) is 2. The Hall–Kier alpha value is -1.70. The summed E-state index contributed by atoms with van der Waals surface area (Å²) in [7, 11) is 0. The number of nitrogens with one attached hydrogen (secondary N) is 1. The molecule has 0 bridgehead atoms. The third kappa shape index (κ3) is 6.13. The third-order valence-corrected chi connectivity index (χ3v) is 4.01. The molecule has 0 saturated heterocycles. The highest BCUT2D eigenvalue weighted by Gasteiger charge is 2.14. The molecule has 23 heavy (non-hydrogen) atoms. The van der Waals surface area contributed by atoms with Crippen molar-refractivity contribution < 1.29 is 4.79 Å². The predicted octanol–water partition coefficient (Wildman–Crippen LogP) is 4.85. The van der Waals surface area contributed by atoms with Gasteiger partial charge in [-0.15, -0.1) is 0 Å². The Balaban J connectivity index is 2.90. The molecule has 0 aliphatic rings. The highest BCUT2D eigenvalue weighted by molar-refractivity contribution is 6.44. The molecule has 0 aliphatic heterocycles. The van der Waals surface area contributed by atoms with E-state index in [9.17, 15) is 10.1 Å². The van der Waals surface area contributed by atoms with E-state index in [0.717, 1.165) is 32.4 Å². The summed E-state index contributed by atoms with van der Waals surface area (Å²) in [6, 6.07) is 6.91. The number of benzene rings is 1. The van der Waals surface area contributed by atoms with Crippen LogP contribution < -0.4 is 5.32 Å². The second-order valence-electron chi connectivity index (χ2n) is 5.10. The first-order valence-electron chi connectivity index (χ1n) is 7.64. The third-order valence-electron chi connectivity index (χ3n) is 3.19. The minimum Gasteiger partial charge on any atom is -0.376 e. The van der Waals surface area contributed by atoms with E-state index in [1.165, 1.54) is 0 Å². The fraction of sp³-hybridized carbons (Fsp3) is 0.412. The largest absolute Gasteiger partial charge is 0.376 e. The van der Waals surface area contributed by atoms with E-state index in [1.54, 1.807) is 24.4 Å². The van der Waals surface area contributed by atoms with Gasteiger partial charge >= 0.3 is 0 Å². The second kappa shape index (κ2) is 10.1. The highest BCUT2D eigenvalue weighted by Crippen LogP contribution is 2.29. The zero-order valence-electron chi connectivity index (χ0n) is 13.4. The Morgan fingerprint density at radius 1 is 1.30 bits per heavy atom. The van der Waals surface area contributed by atoms with Crippen LogP contribution >= 0.6 is 23.2 Å². The van der Waals surface area contributed by atoms with E-state index in [1.807, 2.05) is 11.0 Å². The molecule has 0 fully saturated rings. The maximum absolute atomic E-state index is 12.3. The van der Waals surface area contributed by atoms with Crippen LogP contribution in [0.3, 0.4) is 0 Å². The van der Waals surface area contributed by atoms with Gasteiger partial charge in [-0.25, -0.2) is 0 Å². The van der Waals surface area contributed by atoms with E-state index in [2.05, 4.69) is 19.2 Å². The van der Waals surface area contributed by atoms with E-state index >= 15 is 0 Å². The van der Waals surface area contributed by atoms with Gasteiger partial charge in [0.1, 0.15) is 11.6 Å². The first-order chi connectivity index (χ1) is 11.0. The normalized spacial score (nSPS) is 11.0. The molecule has 0 unspecified atom stereocenters. The molecular formula is C17H21Cl2N3O. The summed E-state index contributed by atoms with van der Waals surface area (Å²) >= 11 is 12.0. The summed E-state index contributed by atoms with van der Waals surface area (Å²) in [6.45, 7) is 5.79. The van der Waals surface area contributed by atoms with Crippen molar-refractivity contribution in [2.45, 2.75) is 33.1 Å². The lowest BCUT2D eigenvalue weighted by molar-refractivity contribution is -0.112. The Bertz CT molecular complexity index is 608. The van der Waals surface area contributed by atoms with Crippen molar-refractivity contribution in [3.63, 3.8) is 0 Å². The Morgan fingerprint density at radius 2 is 2.04 bits per heavy atom. The quantitative estimate of drug-likeness (QED) is 0.536. The number of unbranched alkanes of at least 4 members (excludes halogenated alkanes) is 1. The van der Waals surface area contributed by atoms with Crippen LogP contribution in [-0.2, 0) is 4.79 Å². The highest BCUT2D eigenvalue weighted by atomic mass is 35.5. The lowest BCUT2D eigenvalue weighted by atomic mass is 10.2. The van der Waals surface area contributed by atoms with Crippen molar-refractivity contribution in [2.24, 2.45) is 0 Å². The first-order valence-corrected chi connectivity index (χ1v) is 8.40. The standard InChI is InChI=1S/C17H21Cl2N3O/c1-3-5-10-22(9-4-2)12-13(11-20)17(23)21-15-8-6-7-14(18)16(15)19/h6-8,12H,3-5,9-10H2,1-2H3,(H,21,23)/b13-12-. The van der Waals surface area contributed by atoms with Crippen LogP contribution in [-0.4, -0.2) is 23.9 Å². The number of amides is 1. The lowest BCUT2D eigenvalue weighted by Crippen LogP contribution is -2.23. The number of anilines is 1. The summed E-state index contributed by atoms with van der Waals surface area (Å²) in [4.78, 5) is 14.3. The number of halogens is 2. The molecule has 0 atom stereocenters. The van der Waals surface area contributed by atoms with Crippen LogP contribution in [0.2, 0.25) is 10.0 Å². The molecule has 124 valence electrons. The minimum absolute atomic E-state index is 0.0468. The molecule has 1 N–H and O–H groups in total. The van der Waals surface area contributed by atoms with Gasteiger partial charge in [-0.3, -0.25) is 4.79 Å². The van der Waals surface area contributed by atoms with E-state index in [4.69, 9.17) is 23.2 Å². The molecule has 0 radical (unpaired) electrons. The van der Waals surface area contributed by atoms with Crippen LogP contribution in [0.5, 0.6) is 0 Å². The summed E-state index contributed by atoms with van der Waals surface area (Å²) < 4.78 is 0. The molecule has 0 aliphatic carbocycles. The van der Waals surface area contributed by atoms with E-state index < -0.39 is 5.91 Å². The first kappa shape index (κ1) is 19.3. The molecule has 1 aromatic rings. The maximum Gasteiger partial charge on any atom is 0.267 e. The molecule has 4 nitrogen and oxygen atoms in total. The topological polar surface area (TPSA) is 56.1 Å². The van der Waals surface area contributed by atoms with E-state index in [0.29, 0.717) is 10.7 Å². The molecule has 0 heterocycles. The molecule has 6 heteroatoms. The number of nitriles is 1. The molecular weight excluding hydrogens is 333 g/mol. The second-order valence-corrected chi connectivity index (χ2v) is 5.88. The fourth-order valence-corrected chi connectivity index (χ4v) is 2.35. The average Bonchev–Trinajstić information content (AvgIpc) is 2.54. The van der Waals surface area contributed by atoms with Crippen molar-refractivity contribution in [1.82, 2.24) is 4.90 Å². The van der Waals surface area contributed by atoms with Crippen LogP contribution in [0, 0.1) is 11.3 Å². The van der Waals surface area contributed by atoms with E-state index in [-0.39, 0.29) is 10.6 Å².